The number of ether oxygens (including phenoxy) is 1. The molecule has 0 aliphatic carbocycles. The molecule has 0 radical (unpaired) electrons. The lowest BCUT2D eigenvalue weighted by Crippen LogP contribution is -2.40. The van der Waals surface area contributed by atoms with Crippen LogP contribution in [0.4, 0.5) is 10.1 Å². The van der Waals surface area contributed by atoms with Crippen LogP contribution in [0.2, 0.25) is 5.02 Å². The molecule has 2 heterocycles. The zero-order chi connectivity index (χ0) is 21.5. The van der Waals surface area contributed by atoms with E-state index < -0.39 is 21.7 Å². The lowest BCUT2D eigenvalue weighted by molar-refractivity contribution is 0.0730. The summed E-state index contributed by atoms with van der Waals surface area (Å²) < 4.78 is 46.5. The number of nitrogens with one attached hydrogen (secondary N) is 1. The van der Waals surface area contributed by atoms with Crippen molar-refractivity contribution in [1.29, 1.82) is 0 Å². The highest BCUT2D eigenvalue weighted by Crippen LogP contribution is 2.36. The molecule has 1 aliphatic heterocycles. The first-order valence-electron chi connectivity index (χ1n) is 9.15. The normalized spacial score (nSPS) is 15.4. The quantitative estimate of drug-likeness (QED) is 0.620. The first-order chi connectivity index (χ1) is 14.3. The van der Waals surface area contributed by atoms with Gasteiger partial charge in [0.25, 0.3) is 5.91 Å². The fourth-order valence-electron chi connectivity index (χ4n) is 3.20. The molecule has 0 bridgehead atoms. The highest BCUT2D eigenvalue weighted by atomic mass is 35.5. The van der Waals surface area contributed by atoms with Gasteiger partial charge in [-0.05, 0) is 42.8 Å². The third-order valence-corrected chi connectivity index (χ3v) is 8.41. The number of anilines is 1. The third-order valence-electron chi connectivity index (χ3n) is 4.86. The zero-order valence-corrected chi connectivity index (χ0v) is 18.3. The summed E-state index contributed by atoms with van der Waals surface area (Å²) in [6.45, 7) is 3.03. The van der Waals surface area contributed by atoms with E-state index in [-0.39, 0.29) is 27.9 Å². The molecule has 2 aromatic carbocycles. The van der Waals surface area contributed by atoms with Gasteiger partial charge in [-0.1, -0.05) is 17.7 Å². The maximum Gasteiger partial charge on any atom is 0.267 e. The van der Waals surface area contributed by atoms with E-state index in [9.17, 15) is 17.6 Å². The highest BCUT2D eigenvalue weighted by Gasteiger charge is 2.27. The second kappa shape index (κ2) is 8.24. The molecule has 30 heavy (non-hydrogen) atoms. The lowest BCUT2D eigenvalue weighted by Gasteiger charge is -2.26. The number of rotatable bonds is 4. The molecule has 6 nitrogen and oxygen atoms in total. The van der Waals surface area contributed by atoms with Crippen LogP contribution < -0.4 is 5.32 Å². The van der Waals surface area contributed by atoms with Crippen molar-refractivity contribution in [2.24, 2.45) is 0 Å². The molecule has 10 heteroatoms. The van der Waals surface area contributed by atoms with Gasteiger partial charge >= 0.3 is 0 Å². The number of nitrogens with zero attached hydrogens (tertiary/aromatic N) is 1. The number of hydrogen-bond donors (Lipinski definition) is 1. The summed E-state index contributed by atoms with van der Waals surface area (Å²) in [5.41, 5.74) is 1.07. The number of halogens is 2. The lowest BCUT2D eigenvalue weighted by atomic mass is 10.2. The molecule has 0 spiro atoms. The van der Waals surface area contributed by atoms with E-state index in [4.69, 9.17) is 16.3 Å². The van der Waals surface area contributed by atoms with Gasteiger partial charge in [-0.3, -0.25) is 4.79 Å². The minimum atomic E-state index is -3.70. The van der Waals surface area contributed by atoms with Crippen LogP contribution in [0.1, 0.15) is 15.2 Å². The molecular weight excluding hydrogens is 451 g/mol. The second-order valence-electron chi connectivity index (χ2n) is 6.83. The van der Waals surface area contributed by atoms with Crippen molar-refractivity contribution in [2.75, 3.05) is 31.6 Å². The van der Waals surface area contributed by atoms with Gasteiger partial charge in [0, 0.05) is 28.9 Å². The van der Waals surface area contributed by atoms with Gasteiger partial charge in [-0.15, -0.1) is 11.3 Å². The van der Waals surface area contributed by atoms with Crippen molar-refractivity contribution in [3.63, 3.8) is 0 Å². The summed E-state index contributed by atoms with van der Waals surface area (Å²) in [5, 5.41) is 3.57. The summed E-state index contributed by atoms with van der Waals surface area (Å²) in [6, 6.07) is 8.74. The monoisotopic (exact) mass is 468 g/mol. The summed E-state index contributed by atoms with van der Waals surface area (Å²) >= 11 is 7.41. The number of carbonyl (C=O) groups is 1. The van der Waals surface area contributed by atoms with E-state index in [0.717, 1.165) is 11.3 Å². The van der Waals surface area contributed by atoms with E-state index in [0.29, 0.717) is 34.6 Å². The number of fused-ring (bicyclic) bond motifs is 1. The van der Waals surface area contributed by atoms with Crippen molar-refractivity contribution in [2.45, 2.75) is 11.8 Å². The predicted octanol–water partition coefficient (Wildman–Crippen LogP) is 4.28. The fourth-order valence-corrected chi connectivity index (χ4v) is 6.07. The number of aryl methyl sites for hydroxylation is 1. The largest absolute Gasteiger partial charge is 0.379 e. The van der Waals surface area contributed by atoms with Crippen molar-refractivity contribution in [3.8, 4) is 0 Å². The van der Waals surface area contributed by atoms with Gasteiger partial charge in [0.2, 0.25) is 10.0 Å². The summed E-state index contributed by atoms with van der Waals surface area (Å²) in [5.74, 6) is -0.894. The van der Waals surface area contributed by atoms with Gasteiger partial charge in [-0.2, -0.15) is 4.31 Å². The smallest absolute Gasteiger partial charge is 0.267 e. The predicted molar refractivity (Wildman–Crippen MR) is 116 cm³/mol. The Bertz CT molecular complexity index is 1240. The van der Waals surface area contributed by atoms with Gasteiger partial charge < -0.3 is 10.1 Å². The minimum Gasteiger partial charge on any atom is -0.379 e. The Labute approximate surface area is 182 Å². The molecule has 1 fully saturated rings. The van der Waals surface area contributed by atoms with Crippen LogP contribution >= 0.6 is 22.9 Å². The molecular formula is C20H18ClFN2O4S2. The van der Waals surface area contributed by atoms with Crippen LogP contribution in [0.15, 0.2) is 41.3 Å². The molecule has 0 atom stereocenters. The van der Waals surface area contributed by atoms with E-state index in [1.165, 1.54) is 34.6 Å². The number of benzene rings is 2. The van der Waals surface area contributed by atoms with Gasteiger partial charge in [0.05, 0.1) is 23.1 Å². The SMILES string of the molecule is Cc1ccc(S(=O)(=O)N2CCOCC2)cc1NC(=O)c1sc2cc(F)ccc2c1Cl. The summed E-state index contributed by atoms with van der Waals surface area (Å²) in [7, 11) is -3.70. The van der Waals surface area contributed by atoms with Crippen molar-refractivity contribution >= 4 is 54.6 Å². The summed E-state index contributed by atoms with van der Waals surface area (Å²) in [4.78, 5) is 13.2. The van der Waals surface area contributed by atoms with Crippen molar-refractivity contribution in [3.05, 3.63) is 57.7 Å². The Morgan fingerprint density at radius 3 is 2.67 bits per heavy atom. The second-order valence-corrected chi connectivity index (χ2v) is 10.2. The third kappa shape index (κ3) is 3.95. The fraction of sp³-hybridized carbons (Fsp3) is 0.250. The molecule has 1 N–H and O–H groups in total. The Morgan fingerprint density at radius 1 is 1.20 bits per heavy atom. The Balaban J connectivity index is 1.64. The topological polar surface area (TPSA) is 75.7 Å². The molecule has 4 rings (SSSR count). The molecule has 0 saturated carbocycles. The van der Waals surface area contributed by atoms with E-state index in [1.807, 2.05) is 0 Å². The molecule has 3 aromatic rings. The Kier molecular flexibility index (Phi) is 5.82. The molecule has 1 amide bonds. The number of sulfonamides is 1. The van der Waals surface area contributed by atoms with E-state index in [1.54, 1.807) is 13.0 Å². The van der Waals surface area contributed by atoms with Gasteiger partial charge in [-0.25, -0.2) is 12.8 Å². The summed E-state index contributed by atoms with van der Waals surface area (Å²) in [6.07, 6.45) is 0. The van der Waals surface area contributed by atoms with Crippen LogP contribution in [0, 0.1) is 12.7 Å². The molecule has 0 unspecified atom stereocenters. The van der Waals surface area contributed by atoms with Gasteiger partial charge in [0.15, 0.2) is 0 Å². The number of amides is 1. The zero-order valence-electron chi connectivity index (χ0n) is 15.9. The first kappa shape index (κ1) is 21.2. The maximum atomic E-state index is 13.5. The molecule has 1 aliphatic rings. The van der Waals surface area contributed by atoms with Crippen LogP contribution in [-0.2, 0) is 14.8 Å². The van der Waals surface area contributed by atoms with E-state index in [2.05, 4.69) is 5.32 Å². The van der Waals surface area contributed by atoms with Crippen LogP contribution in [-0.4, -0.2) is 44.9 Å². The van der Waals surface area contributed by atoms with E-state index >= 15 is 0 Å². The minimum absolute atomic E-state index is 0.0924. The first-order valence-corrected chi connectivity index (χ1v) is 11.8. The maximum absolute atomic E-state index is 13.5. The van der Waals surface area contributed by atoms with Crippen LogP contribution in [0.3, 0.4) is 0 Å². The average molecular weight is 469 g/mol. The number of thiophene rings is 1. The molecule has 158 valence electrons. The highest BCUT2D eigenvalue weighted by molar-refractivity contribution is 7.89. The molecule has 1 saturated heterocycles. The van der Waals surface area contributed by atoms with Crippen LogP contribution in [0.25, 0.3) is 10.1 Å². The standard InChI is InChI=1S/C20H18ClFN2O4S2/c1-12-2-4-14(30(26,27)24-6-8-28-9-7-24)11-16(12)23-20(25)19-18(21)15-5-3-13(22)10-17(15)29-19/h2-5,10-11H,6-9H2,1H3,(H,23,25). The van der Waals surface area contributed by atoms with Crippen LogP contribution in [0.5, 0.6) is 0 Å². The average Bonchev–Trinajstić information content (AvgIpc) is 3.06. The van der Waals surface area contributed by atoms with Crippen molar-refractivity contribution in [1.82, 2.24) is 4.31 Å². The Morgan fingerprint density at radius 2 is 1.93 bits per heavy atom. The molecule has 1 aromatic heterocycles. The Hall–Kier alpha value is -2.04. The van der Waals surface area contributed by atoms with Gasteiger partial charge in [0.1, 0.15) is 10.7 Å². The van der Waals surface area contributed by atoms with Crippen molar-refractivity contribution < 1.29 is 22.3 Å². The number of hydrogen-bond acceptors (Lipinski definition) is 5. The number of carbonyl (C=O) groups excluding carboxylic acids is 1. The number of morpholine rings is 1.